The van der Waals surface area contributed by atoms with Gasteiger partial charge in [-0.3, -0.25) is 0 Å². The Labute approximate surface area is 120 Å². The minimum absolute atomic E-state index is 0.110. The Morgan fingerprint density at radius 3 is 2.67 bits per heavy atom. The zero-order valence-electron chi connectivity index (χ0n) is 11.5. The number of hydrogen-bond donors (Lipinski definition) is 3. The first-order valence-corrected chi connectivity index (χ1v) is 6.13. The molecule has 0 aliphatic heterocycles. The van der Waals surface area contributed by atoms with Crippen molar-refractivity contribution in [3.05, 3.63) is 41.0 Å². The van der Waals surface area contributed by atoms with Crippen molar-refractivity contribution in [3.63, 3.8) is 0 Å². The number of nitrogens with zero attached hydrogens (tertiary/aromatic N) is 2. The van der Waals surface area contributed by atoms with Crippen molar-refractivity contribution in [3.8, 4) is 0 Å². The van der Waals surface area contributed by atoms with Crippen molar-refractivity contribution >= 4 is 17.7 Å². The Morgan fingerprint density at radius 1 is 1.33 bits per heavy atom. The molecule has 0 unspecified atom stereocenters. The lowest BCUT2D eigenvalue weighted by atomic mass is 10.1. The van der Waals surface area contributed by atoms with Crippen molar-refractivity contribution in [1.29, 1.82) is 0 Å². The average molecular weight is 290 g/mol. The Morgan fingerprint density at radius 2 is 2.10 bits per heavy atom. The van der Waals surface area contributed by atoms with Crippen LogP contribution in [0.5, 0.6) is 0 Å². The lowest BCUT2D eigenvalue weighted by molar-refractivity contribution is 0.0697. The molecule has 0 aliphatic rings. The molecule has 2 amide bonds. The maximum atomic E-state index is 11.7. The summed E-state index contributed by atoms with van der Waals surface area (Å²) in [5.41, 5.74) is 1.35. The Balaban J connectivity index is 1.94. The summed E-state index contributed by atoms with van der Waals surface area (Å²) < 4.78 is 4.86. The fourth-order valence-corrected chi connectivity index (χ4v) is 1.67. The largest absolute Gasteiger partial charge is 0.478 e. The zero-order valence-corrected chi connectivity index (χ0v) is 11.5. The molecule has 2 rings (SSSR count). The molecule has 1 aromatic heterocycles. The number of urea groups is 1. The third-order valence-corrected chi connectivity index (χ3v) is 2.69. The molecule has 0 saturated carbocycles. The van der Waals surface area contributed by atoms with Gasteiger partial charge in [-0.2, -0.15) is 4.98 Å². The van der Waals surface area contributed by atoms with E-state index in [0.29, 0.717) is 23.0 Å². The summed E-state index contributed by atoms with van der Waals surface area (Å²) in [6, 6.07) is 4.00. The fourth-order valence-electron chi connectivity index (χ4n) is 1.67. The number of carboxylic acid groups (broad SMARTS) is 1. The highest BCUT2D eigenvalue weighted by Crippen LogP contribution is 2.16. The van der Waals surface area contributed by atoms with Gasteiger partial charge in [0.25, 0.3) is 0 Å². The van der Waals surface area contributed by atoms with Gasteiger partial charge >= 0.3 is 12.0 Å². The fraction of sp³-hybridized carbons (Fsp3) is 0.231. The van der Waals surface area contributed by atoms with Crippen molar-refractivity contribution in [1.82, 2.24) is 15.5 Å². The quantitative estimate of drug-likeness (QED) is 0.789. The Hall–Kier alpha value is -2.90. The topological polar surface area (TPSA) is 117 Å². The predicted molar refractivity (Wildman–Crippen MR) is 73.0 cm³/mol. The standard InChI is InChI=1S/C13H14N4O4/c1-7-5-9(12(18)19)3-4-10(7)16-13(20)14-6-11-15-8(2)17-21-11/h3-5H,6H2,1-2H3,(H,18,19)(H2,14,16,20). The number of carboxylic acids is 1. The van der Waals surface area contributed by atoms with E-state index in [-0.39, 0.29) is 12.1 Å². The number of aromatic carboxylic acids is 1. The molecule has 0 radical (unpaired) electrons. The molecule has 0 saturated heterocycles. The van der Waals surface area contributed by atoms with Crippen LogP contribution >= 0.6 is 0 Å². The highest BCUT2D eigenvalue weighted by molar-refractivity contribution is 5.92. The first kappa shape index (κ1) is 14.5. The number of aryl methyl sites for hydroxylation is 2. The first-order chi connectivity index (χ1) is 9.95. The first-order valence-electron chi connectivity index (χ1n) is 6.13. The van der Waals surface area contributed by atoms with E-state index in [0.717, 1.165) is 0 Å². The van der Waals surface area contributed by atoms with Crippen molar-refractivity contribution < 1.29 is 19.2 Å². The molecule has 21 heavy (non-hydrogen) atoms. The average Bonchev–Trinajstić information content (AvgIpc) is 2.84. The molecule has 1 aromatic carbocycles. The monoisotopic (exact) mass is 290 g/mol. The molecule has 0 fully saturated rings. The van der Waals surface area contributed by atoms with E-state index in [1.165, 1.54) is 18.2 Å². The molecule has 0 spiro atoms. The van der Waals surface area contributed by atoms with Crippen LogP contribution in [0.25, 0.3) is 0 Å². The smallest absolute Gasteiger partial charge is 0.335 e. The summed E-state index contributed by atoms with van der Waals surface area (Å²) in [7, 11) is 0. The number of hydrogen-bond acceptors (Lipinski definition) is 5. The van der Waals surface area contributed by atoms with Crippen LogP contribution in [0.4, 0.5) is 10.5 Å². The van der Waals surface area contributed by atoms with Gasteiger partial charge in [0.2, 0.25) is 5.89 Å². The van der Waals surface area contributed by atoms with Gasteiger partial charge in [-0.15, -0.1) is 0 Å². The van der Waals surface area contributed by atoms with Gasteiger partial charge in [0.1, 0.15) is 0 Å². The molecular weight excluding hydrogens is 276 g/mol. The molecule has 3 N–H and O–H groups in total. The summed E-state index contributed by atoms with van der Waals surface area (Å²) in [5, 5.41) is 17.7. The molecule has 1 heterocycles. The molecule has 8 nitrogen and oxygen atoms in total. The number of benzene rings is 1. The Bertz CT molecular complexity index is 681. The van der Waals surface area contributed by atoms with E-state index in [1.807, 2.05) is 0 Å². The second-order valence-electron chi connectivity index (χ2n) is 4.38. The molecule has 2 aromatic rings. The highest BCUT2D eigenvalue weighted by atomic mass is 16.5. The maximum Gasteiger partial charge on any atom is 0.335 e. The third-order valence-electron chi connectivity index (χ3n) is 2.69. The van der Waals surface area contributed by atoms with Gasteiger partial charge in [-0.1, -0.05) is 5.16 Å². The van der Waals surface area contributed by atoms with Crippen molar-refractivity contribution in [2.75, 3.05) is 5.32 Å². The van der Waals surface area contributed by atoms with Crippen LogP contribution in [0.3, 0.4) is 0 Å². The van der Waals surface area contributed by atoms with Gasteiger partial charge in [-0.25, -0.2) is 9.59 Å². The van der Waals surface area contributed by atoms with E-state index in [9.17, 15) is 9.59 Å². The molecule has 0 bridgehead atoms. The Kier molecular flexibility index (Phi) is 4.17. The lowest BCUT2D eigenvalue weighted by Gasteiger charge is -2.09. The van der Waals surface area contributed by atoms with Crippen LogP contribution < -0.4 is 10.6 Å². The van der Waals surface area contributed by atoms with E-state index >= 15 is 0 Å². The van der Waals surface area contributed by atoms with E-state index in [1.54, 1.807) is 13.8 Å². The van der Waals surface area contributed by atoms with Crippen molar-refractivity contribution in [2.24, 2.45) is 0 Å². The molecule has 110 valence electrons. The van der Waals surface area contributed by atoms with Gasteiger partial charge in [0.05, 0.1) is 12.1 Å². The minimum atomic E-state index is -1.01. The molecular formula is C13H14N4O4. The number of amides is 2. The van der Waals surface area contributed by atoms with Crippen LogP contribution in [-0.2, 0) is 6.54 Å². The molecule has 0 aliphatic carbocycles. The van der Waals surface area contributed by atoms with Gasteiger partial charge in [0.15, 0.2) is 5.82 Å². The number of carbonyl (C=O) groups excluding carboxylic acids is 1. The zero-order chi connectivity index (χ0) is 15.4. The summed E-state index contributed by atoms with van der Waals surface area (Å²) in [4.78, 5) is 26.5. The summed E-state index contributed by atoms with van der Waals surface area (Å²) in [6.45, 7) is 3.50. The van der Waals surface area contributed by atoms with E-state index in [2.05, 4.69) is 20.8 Å². The van der Waals surface area contributed by atoms with Gasteiger partial charge in [0, 0.05) is 5.69 Å². The van der Waals surface area contributed by atoms with Crippen molar-refractivity contribution in [2.45, 2.75) is 20.4 Å². The van der Waals surface area contributed by atoms with Crippen LogP contribution in [0, 0.1) is 13.8 Å². The van der Waals surface area contributed by atoms with Gasteiger partial charge < -0.3 is 20.3 Å². The van der Waals surface area contributed by atoms with Crippen LogP contribution in [-0.4, -0.2) is 27.2 Å². The number of nitrogens with one attached hydrogen (secondary N) is 2. The normalized spacial score (nSPS) is 10.2. The predicted octanol–water partition coefficient (Wildman–Crippen LogP) is 1.71. The summed E-state index contributed by atoms with van der Waals surface area (Å²) >= 11 is 0. The second kappa shape index (κ2) is 6.04. The van der Waals surface area contributed by atoms with Gasteiger partial charge in [-0.05, 0) is 37.6 Å². The summed E-state index contributed by atoms with van der Waals surface area (Å²) in [5.74, 6) is -0.214. The SMILES string of the molecule is Cc1noc(CNC(=O)Nc2ccc(C(=O)O)cc2C)n1. The molecule has 0 atom stereocenters. The molecule has 8 heteroatoms. The summed E-state index contributed by atoms with van der Waals surface area (Å²) in [6.07, 6.45) is 0. The van der Waals surface area contributed by atoms with Crippen LogP contribution in [0.15, 0.2) is 22.7 Å². The van der Waals surface area contributed by atoms with E-state index < -0.39 is 12.0 Å². The number of anilines is 1. The third kappa shape index (κ3) is 3.78. The number of rotatable bonds is 4. The minimum Gasteiger partial charge on any atom is -0.478 e. The number of aromatic nitrogens is 2. The second-order valence-corrected chi connectivity index (χ2v) is 4.38. The van der Waals surface area contributed by atoms with E-state index in [4.69, 9.17) is 9.63 Å². The van der Waals surface area contributed by atoms with Crippen LogP contribution in [0.2, 0.25) is 0 Å². The maximum absolute atomic E-state index is 11.7. The number of carbonyl (C=O) groups is 2. The van der Waals surface area contributed by atoms with Crippen LogP contribution in [0.1, 0.15) is 27.6 Å². The highest BCUT2D eigenvalue weighted by Gasteiger charge is 2.09. The lowest BCUT2D eigenvalue weighted by Crippen LogP contribution is -2.28.